The molecule has 0 bridgehead atoms. The smallest absolute Gasteiger partial charge is 0.180 e. The molecule has 2 fully saturated rings. The van der Waals surface area contributed by atoms with Gasteiger partial charge in [-0.25, -0.2) is 0 Å². The van der Waals surface area contributed by atoms with E-state index < -0.39 is 0 Å². The first-order chi connectivity index (χ1) is 10.1. The van der Waals surface area contributed by atoms with Crippen molar-refractivity contribution in [3.8, 4) is 11.5 Å². The molecule has 4 heteroatoms. The van der Waals surface area contributed by atoms with Crippen molar-refractivity contribution < 1.29 is 9.47 Å². The van der Waals surface area contributed by atoms with E-state index in [2.05, 4.69) is 13.0 Å². The monoisotopic (exact) mass is 309 g/mol. The Morgan fingerprint density at radius 3 is 2.48 bits per heavy atom. The van der Waals surface area contributed by atoms with Gasteiger partial charge in [-0.15, -0.1) is 0 Å². The molecule has 1 aromatic rings. The van der Waals surface area contributed by atoms with Crippen LogP contribution in [0.25, 0.3) is 0 Å². The molecule has 0 aromatic heterocycles. The number of halogens is 1. The summed E-state index contributed by atoms with van der Waals surface area (Å²) in [6.07, 6.45) is 7.17. The maximum atomic E-state index is 6.48. The van der Waals surface area contributed by atoms with Crippen LogP contribution in [0.15, 0.2) is 12.1 Å². The largest absolute Gasteiger partial charge is 0.493 e. The number of rotatable bonds is 5. The predicted octanol–water partition coefficient (Wildman–Crippen LogP) is 4.05. The van der Waals surface area contributed by atoms with Gasteiger partial charge in [0, 0.05) is 11.5 Å². The molecule has 0 aliphatic heterocycles. The summed E-state index contributed by atoms with van der Waals surface area (Å²) in [4.78, 5) is 0. The first kappa shape index (κ1) is 15.0. The third-order valence-corrected chi connectivity index (χ3v) is 5.33. The minimum atomic E-state index is 0.0722. The van der Waals surface area contributed by atoms with Gasteiger partial charge < -0.3 is 15.2 Å². The van der Waals surface area contributed by atoms with Gasteiger partial charge in [0.05, 0.1) is 18.2 Å². The highest BCUT2D eigenvalue weighted by molar-refractivity contribution is 6.32. The van der Waals surface area contributed by atoms with Crippen molar-refractivity contribution in [2.75, 3.05) is 7.11 Å². The second kappa shape index (κ2) is 5.69. The number of nitrogens with two attached hydrogens (primary N) is 1. The molecule has 2 N–H and O–H groups in total. The van der Waals surface area contributed by atoms with Gasteiger partial charge in [0.15, 0.2) is 11.5 Å². The molecular formula is C17H24ClNO2. The molecule has 1 aromatic carbocycles. The Kier molecular flexibility index (Phi) is 4.06. The molecule has 0 radical (unpaired) electrons. The molecule has 1 unspecified atom stereocenters. The summed E-state index contributed by atoms with van der Waals surface area (Å²) >= 11 is 6.48. The Morgan fingerprint density at radius 1 is 1.29 bits per heavy atom. The fraction of sp³-hybridized carbons (Fsp3) is 0.647. The van der Waals surface area contributed by atoms with E-state index in [1.54, 1.807) is 7.11 Å². The summed E-state index contributed by atoms with van der Waals surface area (Å²) in [5.74, 6) is 1.42. The second-order valence-electron chi connectivity index (χ2n) is 6.46. The van der Waals surface area contributed by atoms with Crippen LogP contribution in [0, 0.1) is 0 Å². The quantitative estimate of drug-likeness (QED) is 0.892. The predicted molar refractivity (Wildman–Crippen MR) is 85.4 cm³/mol. The first-order valence-corrected chi connectivity index (χ1v) is 8.25. The molecule has 0 spiro atoms. The molecular weight excluding hydrogens is 286 g/mol. The van der Waals surface area contributed by atoms with E-state index in [-0.39, 0.29) is 17.6 Å². The third-order valence-electron chi connectivity index (χ3n) is 5.05. The fourth-order valence-electron chi connectivity index (χ4n) is 3.44. The van der Waals surface area contributed by atoms with Crippen LogP contribution in [-0.4, -0.2) is 19.3 Å². The number of ether oxygens (including phenoxy) is 2. The average molecular weight is 310 g/mol. The van der Waals surface area contributed by atoms with Gasteiger partial charge >= 0.3 is 0 Å². The van der Waals surface area contributed by atoms with E-state index in [0.29, 0.717) is 10.8 Å². The maximum Gasteiger partial charge on any atom is 0.180 e. The summed E-state index contributed by atoms with van der Waals surface area (Å²) in [5, 5.41) is 0.642. The van der Waals surface area contributed by atoms with Crippen LogP contribution in [0.4, 0.5) is 0 Å². The summed E-state index contributed by atoms with van der Waals surface area (Å²) in [7, 11) is 1.67. The minimum Gasteiger partial charge on any atom is -0.493 e. The summed E-state index contributed by atoms with van der Waals surface area (Å²) in [5.41, 5.74) is 7.41. The van der Waals surface area contributed by atoms with Crippen LogP contribution in [-0.2, 0) is 5.41 Å². The van der Waals surface area contributed by atoms with Crippen LogP contribution in [0.2, 0.25) is 5.02 Å². The Balaban J connectivity index is 1.91. The zero-order chi connectivity index (χ0) is 15.0. The maximum absolute atomic E-state index is 6.48. The van der Waals surface area contributed by atoms with Gasteiger partial charge in [-0.3, -0.25) is 0 Å². The molecule has 2 saturated carbocycles. The first-order valence-electron chi connectivity index (χ1n) is 7.87. The van der Waals surface area contributed by atoms with E-state index in [1.807, 2.05) is 6.07 Å². The van der Waals surface area contributed by atoms with E-state index in [1.165, 1.54) is 18.4 Å². The number of hydrogen-bond donors (Lipinski definition) is 1. The number of benzene rings is 1. The van der Waals surface area contributed by atoms with E-state index in [4.69, 9.17) is 26.8 Å². The highest BCUT2D eigenvalue weighted by Gasteiger charge is 2.48. The van der Waals surface area contributed by atoms with Crippen molar-refractivity contribution in [2.24, 2.45) is 5.73 Å². The lowest BCUT2D eigenvalue weighted by molar-refractivity contribution is 0.201. The number of methoxy groups -OCH3 is 1. The molecule has 116 valence electrons. The van der Waals surface area contributed by atoms with Gasteiger partial charge in [0.25, 0.3) is 0 Å². The van der Waals surface area contributed by atoms with Gasteiger partial charge in [-0.2, -0.15) is 0 Å². The van der Waals surface area contributed by atoms with Gasteiger partial charge in [-0.05, 0) is 63.1 Å². The van der Waals surface area contributed by atoms with Crippen LogP contribution >= 0.6 is 11.6 Å². The van der Waals surface area contributed by atoms with E-state index in [9.17, 15) is 0 Å². The van der Waals surface area contributed by atoms with Gasteiger partial charge in [-0.1, -0.05) is 11.6 Å². The highest BCUT2D eigenvalue weighted by atomic mass is 35.5. The highest BCUT2D eigenvalue weighted by Crippen LogP contribution is 2.53. The Hall–Kier alpha value is -0.930. The lowest BCUT2D eigenvalue weighted by Crippen LogP contribution is -2.31. The van der Waals surface area contributed by atoms with Crippen molar-refractivity contribution in [3.05, 3.63) is 22.7 Å². The van der Waals surface area contributed by atoms with Crippen LogP contribution in [0.5, 0.6) is 11.5 Å². The van der Waals surface area contributed by atoms with Gasteiger partial charge in [0.2, 0.25) is 0 Å². The average Bonchev–Trinajstić information content (AvgIpc) is 3.12. The lowest BCUT2D eigenvalue weighted by Gasteiger charge is -2.23. The van der Waals surface area contributed by atoms with Crippen molar-refractivity contribution in [1.82, 2.24) is 0 Å². The van der Waals surface area contributed by atoms with E-state index >= 15 is 0 Å². The topological polar surface area (TPSA) is 44.5 Å². The zero-order valence-corrected chi connectivity index (χ0v) is 13.6. The molecule has 3 nitrogen and oxygen atoms in total. The van der Waals surface area contributed by atoms with Crippen molar-refractivity contribution in [1.29, 1.82) is 0 Å². The fourth-order valence-corrected chi connectivity index (χ4v) is 3.69. The SMILES string of the molecule is COc1cc(C2(C(C)N)CC2)cc(Cl)c1OC1CCCC1. The lowest BCUT2D eigenvalue weighted by atomic mass is 9.89. The van der Waals surface area contributed by atoms with Gasteiger partial charge in [0.1, 0.15) is 0 Å². The van der Waals surface area contributed by atoms with Crippen molar-refractivity contribution >= 4 is 11.6 Å². The molecule has 2 aliphatic carbocycles. The molecule has 0 heterocycles. The Bertz CT molecular complexity index is 520. The molecule has 0 saturated heterocycles. The zero-order valence-electron chi connectivity index (χ0n) is 12.8. The summed E-state index contributed by atoms with van der Waals surface area (Å²) in [6.45, 7) is 2.07. The van der Waals surface area contributed by atoms with Crippen LogP contribution in [0.3, 0.4) is 0 Å². The second-order valence-corrected chi connectivity index (χ2v) is 6.87. The minimum absolute atomic E-state index is 0.0722. The van der Waals surface area contributed by atoms with Crippen molar-refractivity contribution in [2.45, 2.75) is 63.0 Å². The summed E-state index contributed by atoms with van der Waals surface area (Å²) in [6, 6.07) is 4.21. The Morgan fingerprint density at radius 2 is 1.95 bits per heavy atom. The van der Waals surface area contributed by atoms with E-state index in [0.717, 1.165) is 31.4 Å². The third kappa shape index (κ3) is 2.74. The Labute approximate surface area is 131 Å². The molecule has 0 amide bonds. The molecule has 2 aliphatic rings. The van der Waals surface area contributed by atoms with Crippen LogP contribution < -0.4 is 15.2 Å². The summed E-state index contributed by atoms with van der Waals surface area (Å²) < 4.78 is 11.6. The number of hydrogen-bond acceptors (Lipinski definition) is 3. The molecule has 21 heavy (non-hydrogen) atoms. The normalized spacial score (nSPS) is 22.1. The standard InChI is InChI=1S/C17H24ClNO2/c1-11(19)17(7-8-17)12-9-14(18)16(15(10-12)20-2)21-13-5-3-4-6-13/h9-11,13H,3-8,19H2,1-2H3. The van der Waals surface area contributed by atoms with Crippen LogP contribution in [0.1, 0.15) is 51.0 Å². The van der Waals surface area contributed by atoms with Crippen molar-refractivity contribution in [3.63, 3.8) is 0 Å². The molecule has 3 rings (SSSR count). The molecule has 1 atom stereocenters.